The molecule has 0 radical (unpaired) electrons. The molecule has 4 nitrogen and oxygen atoms in total. The Labute approximate surface area is 117 Å². The monoisotopic (exact) mass is 273 g/mol. The van der Waals surface area contributed by atoms with E-state index in [0.29, 0.717) is 24.1 Å². The van der Waals surface area contributed by atoms with E-state index >= 15 is 0 Å². The zero-order valence-electron chi connectivity index (χ0n) is 11.6. The van der Waals surface area contributed by atoms with E-state index in [9.17, 15) is 9.90 Å². The number of benzene rings is 1. The third-order valence-corrected chi connectivity index (χ3v) is 4.07. The fraction of sp³-hybridized carbons (Fsp3) is 0.438. The Balaban J connectivity index is 1.78. The van der Waals surface area contributed by atoms with Gasteiger partial charge in [0.25, 0.3) is 0 Å². The summed E-state index contributed by atoms with van der Waals surface area (Å²) in [5.74, 6) is 0. The SMILES string of the molecule is Cc1cc(CNCC2(O)CCC2)cc2c(=O)ccoc12. The van der Waals surface area contributed by atoms with Crippen molar-refractivity contribution in [1.29, 1.82) is 0 Å². The molecule has 1 fully saturated rings. The Kier molecular flexibility index (Phi) is 3.36. The zero-order valence-corrected chi connectivity index (χ0v) is 11.6. The van der Waals surface area contributed by atoms with Crippen molar-refractivity contribution >= 4 is 11.0 Å². The van der Waals surface area contributed by atoms with Crippen LogP contribution in [0.4, 0.5) is 0 Å². The van der Waals surface area contributed by atoms with Crippen LogP contribution in [0.25, 0.3) is 11.0 Å². The smallest absolute Gasteiger partial charge is 0.192 e. The van der Waals surface area contributed by atoms with Crippen LogP contribution in [0.2, 0.25) is 0 Å². The van der Waals surface area contributed by atoms with Crippen LogP contribution in [0, 0.1) is 6.92 Å². The highest BCUT2D eigenvalue weighted by atomic mass is 16.3. The maximum Gasteiger partial charge on any atom is 0.192 e. The number of aliphatic hydroxyl groups is 1. The van der Waals surface area contributed by atoms with Gasteiger partial charge in [-0.3, -0.25) is 4.79 Å². The summed E-state index contributed by atoms with van der Waals surface area (Å²) in [5, 5.41) is 13.9. The van der Waals surface area contributed by atoms with E-state index in [4.69, 9.17) is 4.42 Å². The molecule has 3 rings (SSSR count). The predicted molar refractivity (Wildman–Crippen MR) is 77.7 cm³/mol. The molecular formula is C16H19NO3. The van der Waals surface area contributed by atoms with Gasteiger partial charge in [-0.05, 0) is 43.4 Å². The molecule has 1 aliphatic carbocycles. The first-order valence-electron chi connectivity index (χ1n) is 7.02. The second-order valence-electron chi connectivity index (χ2n) is 5.76. The van der Waals surface area contributed by atoms with Crippen molar-refractivity contribution in [2.45, 2.75) is 38.3 Å². The summed E-state index contributed by atoms with van der Waals surface area (Å²) in [6.07, 6.45) is 4.29. The van der Waals surface area contributed by atoms with Gasteiger partial charge in [0.1, 0.15) is 5.58 Å². The molecule has 0 unspecified atom stereocenters. The van der Waals surface area contributed by atoms with Gasteiger partial charge in [-0.2, -0.15) is 0 Å². The van der Waals surface area contributed by atoms with Crippen LogP contribution < -0.4 is 10.7 Å². The van der Waals surface area contributed by atoms with E-state index in [1.807, 2.05) is 19.1 Å². The zero-order chi connectivity index (χ0) is 14.2. The Morgan fingerprint density at radius 3 is 2.90 bits per heavy atom. The maximum atomic E-state index is 11.9. The first-order chi connectivity index (χ1) is 9.57. The molecule has 106 valence electrons. The highest BCUT2D eigenvalue weighted by Crippen LogP contribution is 2.30. The van der Waals surface area contributed by atoms with Crippen molar-refractivity contribution in [2.24, 2.45) is 0 Å². The third-order valence-electron chi connectivity index (χ3n) is 4.07. The normalized spacial score (nSPS) is 17.1. The van der Waals surface area contributed by atoms with E-state index < -0.39 is 5.60 Å². The van der Waals surface area contributed by atoms with Crippen molar-refractivity contribution in [3.05, 3.63) is 45.8 Å². The standard InChI is InChI=1S/C16H19NO3/c1-11-7-12(9-17-10-16(19)4-2-5-16)8-13-14(18)3-6-20-15(11)13/h3,6-8,17,19H,2,4-5,9-10H2,1H3. The van der Waals surface area contributed by atoms with Gasteiger partial charge in [-0.1, -0.05) is 6.07 Å². The van der Waals surface area contributed by atoms with Gasteiger partial charge in [0.15, 0.2) is 5.43 Å². The highest BCUT2D eigenvalue weighted by Gasteiger charge is 2.33. The highest BCUT2D eigenvalue weighted by molar-refractivity contribution is 5.80. The summed E-state index contributed by atoms with van der Waals surface area (Å²) in [6.45, 7) is 3.19. The first kappa shape index (κ1) is 13.3. The van der Waals surface area contributed by atoms with Crippen molar-refractivity contribution in [3.8, 4) is 0 Å². The Bertz CT molecular complexity index is 686. The fourth-order valence-electron chi connectivity index (χ4n) is 2.75. The summed E-state index contributed by atoms with van der Waals surface area (Å²) >= 11 is 0. The molecule has 1 heterocycles. The van der Waals surface area contributed by atoms with Crippen LogP contribution >= 0.6 is 0 Å². The lowest BCUT2D eigenvalue weighted by molar-refractivity contribution is -0.0314. The van der Waals surface area contributed by atoms with Crippen molar-refractivity contribution < 1.29 is 9.52 Å². The maximum absolute atomic E-state index is 11.9. The molecule has 0 saturated heterocycles. The number of rotatable bonds is 4. The van der Waals surface area contributed by atoms with Crippen LogP contribution in [0.15, 0.2) is 33.7 Å². The van der Waals surface area contributed by atoms with Crippen LogP contribution in [0.1, 0.15) is 30.4 Å². The summed E-state index contributed by atoms with van der Waals surface area (Å²) in [5.41, 5.74) is 2.11. The quantitative estimate of drug-likeness (QED) is 0.895. The number of fused-ring (bicyclic) bond motifs is 1. The Hall–Kier alpha value is -1.65. The van der Waals surface area contributed by atoms with E-state index in [2.05, 4.69) is 5.32 Å². The Morgan fingerprint density at radius 1 is 1.40 bits per heavy atom. The minimum atomic E-state index is -0.523. The lowest BCUT2D eigenvalue weighted by atomic mass is 9.80. The third kappa shape index (κ3) is 2.49. The number of hydrogen-bond donors (Lipinski definition) is 2. The second kappa shape index (κ2) is 5.04. The molecule has 20 heavy (non-hydrogen) atoms. The van der Waals surface area contributed by atoms with Crippen LogP contribution in [0.5, 0.6) is 0 Å². The average Bonchev–Trinajstić information content (AvgIpc) is 2.38. The van der Waals surface area contributed by atoms with Gasteiger partial charge >= 0.3 is 0 Å². The number of hydrogen-bond acceptors (Lipinski definition) is 4. The molecule has 0 spiro atoms. The molecule has 1 aliphatic rings. The molecule has 1 aromatic carbocycles. The molecule has 2 N–H and O–H groups in total. The summed E-state index contributed by atoms with van der Waals surface area (Å²) in [7, 11) is 0. The van der Waals surface area contributed by atoms with E-state index in [1.54, 1.807) is 0 Å². The molecule has 0 atom stereocenters. The Morgan fingerprint density at radius 2 is 2.20 bits per heavy atom. The summed E-state index contributed by atoms with van der Waals surface area (Å²) < 4.78 is 5.40. The van der Waals surface area contributed by atoms with Gasteiger partial charge in [0.05, 0.1) is 17.3 Å². The molecule has 4 heteroatoms. The number of aryl methyl sites for hydroxylation is 1. The predicted octanol–water partition coefficient (Wildman–Crippen LogP) is 2.11. The van der Waals surface area contributed by atoms with Gasteiger partial charge < -0.3 is 14.8 Å². The number of nitrogens with one attached hydrogen (secondary N) is 1. The summed E-state index contributed by atoms with van der Waals surface area (Å²) in [4.78, 5) is 11.9. The van der Waals surface area contributed by atoms with Crippen molar-refractivity contribution in [1.82, 2.24) is 5.32 Å². The minimum Gasteiger partial charge on any atom is -0.464 e. The van der Waals surface area contributed by atoms with Gasteiger partial charge in [0, 0.05) is 19.2 Å². The van der Waals surface area contributed by atoms with Gasteiger partial charge in [0.2, 0.25) is 0 Å². The van der Waals surface area contributed by atoms with Crippen LogP contribution in [-0.2, 0) is 6.54 Å². The molecule has 1 aromatic heterocycles. The second-order valence-corrected chi connectivity index (χ2v) is 5.76. The van der Waals surface area contributed by atoms with E-state index in [-0.39, 0.29) is 5.43 Å². The average molecular weight is 273 g/mol. The molecule has 0 amide bonds. The lowest BCUT2D eigenvalue weighted by Crippen LogP contribution is -2.45. The largest absolute Gasteiger partial charge is 0.464 e. The van der Waals surface area contributed by atoms with Crippen LogP contribution in [-0.4, -0.2) is 17.3 Å². The van der Waals surface area contributed by atoms with E-state index in [0.717, 1.165) is 30.4 Å². The minimum absolute atomic E-state index is 0.0196. The molecule has 1 saturated carbocycles. The topological polar surface area (TPSA) is 62.5 Å². The van der Waals surface area contributed by atoms with Crippen molar-refractivity contribution in [3.63, 3.8) is 0 Å². The van der Waals surface area contributed by atoms with Gasteiger partial charge in [-0.15, -0.1) is 0 Å². The molecule has 0 bridgehead atoms. The van der Waals surface area contributed by atoms with Crippen molar-refractivity contribution in [2.75, 3.05) is 6.54 Å². The molecule has 2 aromatic rings. The fourth-order valence-corrected chi connectivity index (χ4v) is 2.75. The van der Waals surface area contributed by atoms with Gasteiger partial charge in [-0.25, -0.2) is 0 Å². The molecular weight excluding hydrogens is 254 g/mol. The first-order valence-corrected chi connectivity index (χ1v) is 7.02. The lowest BCUT2D eigenvalue weighted by Gasteiger charge is -2.36. The molecule has 0 aliphatic heterocycles. The summed E-state index contributed by atoms with van der Waals surface area (Å²) in [6, 6.07) is 5.32. The van der Waals surface area contributed by atoms with E-state index in [1.165, 1.54) is 12.3 Å². The van der Waals surface area contributed by atoms with Crippen LogP contribution in [0.3, 0.4) is 0 Å².